The minimum atomic E-state index is -1.16. The third-order valence-corrected chi connectivity index (χ3v) is 1.84. The van der Waals surface area contributed by atoms with Crippen molar-refractivity contribution >= 4 is 5.69 Å². The first kappa shape index (κ1) is 10.9. The van der Waals surface area contributed by atoms with Crippen LogP contribution in [0.3, 0.4) is 0 Å². The van der Waals surface area contributed by atoms with Crippen LogP contribution in [0.5, 0.6) is 0 Å². The van der Waals surface area contributed by atoms with E-state index >= 15 is 0 Å². The Kier molecular flexibility index (Phi) is 3.80. The van der Waals surface area contributed by atoms with E-state index in [1.54, 1.807) is 0 Å². The molecule has 0 aromatic heterocycles. The molecule has 0 unspecified atom stereocenters. The molecule has 0 aliphatic carbocycles. The van der Waals surface area contributed by atoms with E-state index in [0.29, 0.717) is 12.6 Å². The van der Waals surface area contributed by atoms with E-state index in [9.17, 15) is 13.2 Å². The second-order valence-corrected chi connectivity index (χ2v) is 3.03. The Hall–Kier alpha value is -1.19. The molecule has 0 aliphatic rings. The number of benzene rings is 1. The van der Waals surface area contributed by atoms with Gasteiger partial charge in [0.25, 0.3) is 0 Å². The van der Waals surface area contributed by atoms with Gasteiger partial charge in [0.15, 0.2) is 11.6 Å². The van der Waals surface area contributed by atoms with E-state index in [4.69, 9.17) is 0 Å². The minimum Gasteiger partial charge on any atom is -0.383 e. The third-order valence-electron chi connectivity index (χ3n) is 1.84. The maximum Gasteiger partial charge on any atom is 0.182 e. The Labute approximate surface area is 80.9 Å². The summed E-state index contributed by atoms with van der Waals surface area (Å²) in [4.78, 5) is 0. The average Bonchev–Trinajstić information content (AvgIpc) is 2.13. The summed E-state index contributed by atoms with van der Waals surface area (Å²) < 4.78 is 38.4. The SMILES string of the molecule is CCCCNc1cc(F)cc(F)c1F. The zero-order valence-corrected chi connectivity index (χ0v) is 7.91. The second-order valence-electron chi connectivity index (χ2n) is 3.03. The van der Waals surface area contributed by atoms with E-state index in [2.05, 4.69) is 5.32 Å². The van der Waals surface area contributed by atoms with Crippen molar-refractivity contribution in [3.8, 4) is 0 Å². The lowest BCUT2D eigenvalue weighted by Gasteiger charge is -2.07. The van der Waals surface area contributed by atoms with Gasteiger partial charge in [0, 0.05) is 18.7 Å². The van der Waals surface area contributed by atoms with Crippen LogP contribution >= 0.6 is 0 Å². The molecule has 1 nitrogen and oxygen atoms in total. The first-order chi connectivity index (χ1) is 6.65. The number of hydrogen-bond donors (Lipinski definition) is 1. The molecule has 0 fully saturated rings. The second kappa shape index (κ2) is 4.88. The van der Waals surface area contributed by atoms with Gasteiger partial charge in [0.05, 0.1) is 5.69 Å². The van der Waals surface area contributed by atoms with Crippen LogP contribution < -0.4 is 5.32 Å². The summed E-state index contributed by atoms with van der Waals surface area (Å²) in [7, 11) is 0. The van der Waals surface area contributed by atoms with E-state index in [-0.39, 0.29) is 5.69 Å². The highest BCUT2D eigenvalue weighted by molar-refractivity contribution is 5.45. The van der Waals surface area contributed by atoms with Crippen LogP contribution in [0.25, 0.3) is 0 Å². The maximum absolute atomic E-state index is 13.0. The zero-order valence-electron chi connectivity index (χ0n) is 7.91. The summed E-state index contributed by atoms with van der Waals surface area (Å²) in [6.45, 7) is 2.49. The molecule has 0 heterocycles. The molecule has 1 rings (SSSR count). The molecule has 1 N–H and O–H groups in total. The van der Waals surface area contributed by atoms with Gasteiger partial charge >= 0.3 is 0 Å². The van der Waals surface area contributed by atoms with E-state index in [1.807, 2.05) is 6.92 Å². The van der Waals surface area contributed by atoms with Gasteiger partial charge in [-0.3, -0.25) is 0 Å². The Morgan fingerprint density at radius 1 is 1.21 bits per heavy atom. The van der Waals surface area contributed by atoms with Crippen molar-refractivity contribution in [2.75, 3.05) is 11.9 Å². The lowest BCUT2D eigenvalue weighted by Crippen LogP contribution is -2.04. The van der Waals surface area contributed by atoms with Gasteiger partial charge in [-0.05, 0) is 6.42 Å². The zero-order chi connectivity index (χ0) is 10.6. The summed E-state index contributed by atoms with van der Waals surface area (Å²) in [6.07, 6.45) is 1.77. The van der Waals surface area contributed by atoms with Crippen LogP contribution in [0, 0.1) is 17.5 Å². The first-order valence-corrected chi connectivity index (χ1v) is 4.53. The lowest BCUT2D eigenvalue weighted by molar-refractivity contribution is 0.497. The number of rotatable bonds is 4. The molecule has 0 radical (unpaired) electrons. The topological polar surface area (TPSA) is 12.0 Å². The Bertz CT molecular complexity index is 312. The summed E-state index contributed by atoms with van der Waals surface area (Å²) in [5, 5.41) is 2.64. The molecule has 14 heavy (non-hydrogen) atoms. The van der Waals surface area contributed by atoms with Crippen LogP contribution in [-0.2, 0) is 0 Å². The highest BCUT2D eigenvalue weighted by atomic mass is 19.2. The van der Waals surface area contributed by atoms with E-state index < -0.39 is 17.5 Å². The molecule has 0 aliphatic heterocycles. The number of nitrogens with one attached hydrogen (secondary N) is 1. The van der Waals surface area contributed by atoms with Crippen LogP contribution in [0.4, 0.5) is 18.9 Å². The molecule has 1 aromatic carbocycles. The summed E-state index contributed by atoms with van der Waals surface area (Å²) >= 11 is 0. The van der Waals surface area contributed by atoms with Crippen molar-refractivity contribution in [1.82, 2.24) is 0 Å². The van der Waals surface area contributed by atoms with Crippen molar-refractivity contribution in [2.24, 2.45) is 0 Å². The normalized spacial score (nSPS) is 10.3. The maximum atomic E-state index is 13.0. The fraction of sp³-hybridized carbons (Fsp3) is 0.400. The van der Waals surface area contributed by atoms with E-state index in [0.717, 1.165) is 18.9 Å². The lowest BCUT2D eigenvalue weighted by atomic mass is 10.2. The molecular formula is C10H12F3N. The molecule has 4 heteroatoms. The Morgan fingerprint density at radius 3 is 2.57 bits per heavy atom. The van der Waals surface area contributed by atoms with Gasteiger partial charge in [-0.2, -0.15) is 0 Å². The van der Waals surface area contributed by atoms with Crippen molar-refractivity contribution in [3.63, 3.8) is 0 Å². The smallest absolute Gasteiger partial charge is 0.182 e. The number of hydrogen-bond acceptors (Lipinski definition) is 1. The van der Waals surface area contributed by atoms with Crippen molar-refractivity contribution in [2.45, 2.75) is 19.8 Å². The molecule has 78 valence electrons. The summed E-state index contributed by atoms with van der Waals surface area (Å²) in [6, 6.07) is 1.48. The van der Waals surface area contributed by atoms with Gasteiger partial charge in [-0.25, -0.2) is 13.2 Å². The van der Waals surface area contributed by atoms with Crippen molar-refractivity contribution < 1.29 is 13.2 Å². The van der Waals surface area contributed by atoms with Gasteiger partial charge in [0.2, 0.25) is 0 Å². The van der Waals surface area contributed by atoms with Crippen molar-refractivity contribution in [1.29, 1.82) is 0 Å². The Morgan fingerprint density at radius 2 is 1.93 bits per heavy atom. The standard InChI is InChI=1S/C10H12F3N/c1-2-3-4-14-9-6-7(11)5-8(12)10(9)13/h5-6,14H,2-4H2,1H3. The van der Waals surface area contributed by atoms with Crippen LogP contribution in [0.1, 0.15) is 19.8 Å². The fourth-order valence-corrected chi connectivity index (χ4v) is 1.08. The molecule has 1 aromatic rings. The molecule has 0 saturated heterocycles. The van der Waals surface area contributed by atoms with Crippen LogP contribution in [0.2, 0.25) is 0 Å². The molecule has 0 saturated carbocycles. The summed E-state index contributed by atoms with van der Waals surface area (Å²) in [5.74, 6) is -2.96. The quantitative estimate of drug-likeness (QED) is 0.584. The monoisotopic (exact) mass is 203 g/mol. The van der Waals surface area contributed by atoms with Gasteiger partial charge < -0.3 is 5.32 Å². The number of halogens is 3. The Balaban J connectivity index is 2.75. The number of unbranched alkanes of at least 4 members (excludes halogenated alkanes) is 1. The molecular weight excluding hydrogens is 191 g/mol. The van der Waals surface area contributed by atoms with Gasteiger partial charge in [-0.15, -0.1) is 0 Å². The number of anilines is 1. The van der Waals surface area contributed by atoms with Crippen LogP contribution in [-0.4, -0.2) is 6.54 Å². The highest BCUT2D eigenvalue weighted by Crippen LogP contribution is 2.18. The highest BCUT2D eigenvalue weighted by Gasteiger charge is 2.09. The van der Waals surface area contributed by atoms with E-state index in [1.165, 1.54) is 0 Å². The predicted octanol–water partition coefficient (Wildman–Crippen LogP) is 3.32. The fourth-order valence-electron chi connectivity index (χ4n) is 1.08. The molecule has 0 bridgehead atoms. The third kappa shape index (κ3) is 2.65. The summed E-state index contributed by atoms with van der Waals surface area (Å²) in [5.41, 5.74) is -0.115. The molecule has 0 amide bonds. The van der Waals surface area contributed by atoms with Crippen LogP contribution in [0.15, 0.2) is 12.1 Å². The minimum absolute atomic E-state index is 0.115. The molecule has 0 spiro atoms. The predicted molar refractivity (Wildman–Crippen MR) is 49.7 cm³/mol. The molecule has 0 atom stereocenters. The largest absolute Gasteiger partial charge is 0.383 e. The van der Waals surface area contributed by atoms with Crippen molar-refractivity contribution in [3.05, 3.63) is 29.6 Å². The first-order valence-electron chi connectivity index (χ1n) is 4.53. The van der Waals surface area contributed by atoms with Gasteiger partial charge in [0.1, 0.15) is 5.82 Å². The average molecular weight is 203 g/mol. The van der Waals surface area contributed by atoms with Gasteiger partial charge in [-0.1, -0.05) is 13.3 Å².